The van der Waals surface area contributed by atoms with Crippen molar-refractivity contribution in [3.05, 3.63) is 70.9 Å². The van der Waals surface area contributed by atoms with Gasteiger partial charge in [0, 0.05) is 24.6 Å². The molecule has 8 heteroatoms. The Labute approximate surface area is 164 Å². The zero-order chi connectivity index (χ0) is 20.1. The topological polar surface area (TPSA) is 97.9 Å². The van der Waals surface area contributed by atoms with E-state index in [1.165, 1.54) is 22.2 Å². The Balaban J connectivity index is 1.72. The summed E-state index contributed by atoms with van der Waals surface area (Å²) in [4.78, 5) is 32.1. The summed E-state index contributed by atoms with van der Waals surface area (Å²) < 4.78 is 2.71. The number of pyridine rings is 1. The van der Waals surface area contributed by atoms with Crippen molar-refractivity contribution in [1.82, 2.24) is 29.4 Å². The van der Waals surface area contributed by atoms with Crippen LogP contribution in [0.4, 0.5) is 0 Å². The van der Waals surface area contributed by atoms with Crippen LogP contribution in [0.3, 0.4) is 0 Å². The van der Waals surface area contributed by atoms with Crippen LogP contribution in [0.2, 0.25) is 0 Å². The summed E-state index contributed by atoms with van der Waals surface area (Å²) in [5, 5.41) is 9.37. The number of carbonyl (C=O) groups is 1. The van der Waals surface area contributed by atoms with Crippen LogP contribution in [0.15, 0.2) is 59.7 Å². The van der Waals surface area contributed by atoms with Gasteiger partial charge in [-0.1, -0.05) is 12.1 Å². The minimum absolute atomic E-state index is 0.148. The summed E-state index contributed by atoms with van der Waals surface area (Å²) in [7, 11) is 0. The largest absolute Gasteiger partial charge is 0.339 e. The van der Waals surface area contributed by atoms with Gasteiger partial charge < -0.3 is 4.98 Å². The molecule has 8 nitrogen and oxygen atoms in total. The van der Waals surface area contributed by atoms with Crippen LogP contribution in [0.25, 0.3) is 39.1 Å². The molecule has 0 aliphatic heterocycles. The molecule has 0 atom stereocenters. The normalized spacial score (nSPS) is 11.4. The van der Waals surface area contributed by atoms with Crippen molar-refractivity contribution in [2.24, 2.45) is 0 Å². The van der Waals surface area contributed by atoms with Crippen LogP contribution in [-0.2, 0) is 0 Å². The van der Waals surface area contributed by atoms with Crippen LogP contribution in [-0.4, -0.2) is 35.3 Å². The van der Waals surface area contributed by atoms with Crippen LogP contribution < -0.4 is 5.56 Å². The van der Waals surface area contributed by atoms with Crippen LogP contribution in [0, 0.1) is 6.92 Å². The van der Waals surface area contributed by atoms with Crippen molar-refractivity contribution < 1.29 is 4.79 Å². The third-order valence-corrected chi connectivity index (χ3v) is 4.91. The highest BCUT2D eigenvalue weighted by Gasteiger charge is 2.15. The highest BCUT2D eigenvalue weighted by molar-refractivity contribution is 5.93. The molecule has 0 aliphatic rings. The number of aromatic nitrogens is 6. The van der Waals surface area contributed by atoms with E-state index < -0.39 is 0 Å². The number of hydrogen-bond acceptors (Lipinski definition) is 5. The zero-order valence-corrected chi connectivity index (χ0v) is 15.7. The number of carbonyl (C=O) groups excluding carboxylic acids is 1. The third kappa shape index (κ3) is 2.65. The predicted molar refractivity (Wildman–Crippen MR) is 109 cm³/mol. The first kappa shape index (κ1) is 17.1. The Hall–Kier alpha value is -4.07. The molecule has 4 aromatic heterocycles. The van der Waals surface area contributed by atoms with Crippen molar-refractivity contribution in [3.8, 4) is 22.5 Å². The Morgan fingerprint density at radius 3 is 2.76 bits per heavy atom. The Kier molecular flexibility index (Phi) is 3.67. The molecule has 0 radical (unpaired) electrons. The lowest BCUT2D eigenvalue weighted by atomic mass is 10.1. The van der Waals surface area contributed by atoms with E-state index in [0.717, 1.165) is 33.4 Å². The molecule has 0 saturated heterocycles. The molecular formula is C21H16N6O2. The van der Waals surface area contributed by atoms with E-state index in [0.29, 0.717) is 11.3 Å². The second-order valence-corrected chi connectivity index (χ2v) is 6.80. The minimum Gasteiger partial charge on any atom is -0.339 e. The fraction of sp³-hybridized carbons (Fsp3) is 0.0952. The summed E-state index contributed by atoms with van der Waals surface area (Å²) in [6.07, 6.45) is 3.33. The maximum absolute atomic E-state index is 12.6. The van der Waals surface area contributed by atoms with E-state index in [2.05, 4.69) is 20.2 Å². The summed E-state index contributed by atoms with van der Waals surface area (Å²) in [5.41, 5.74) is 4.75. The summed E-state index contributed by atoms with van der Waals surface area (Å²) in [6, 6.07) is 12.7. The molecule has 1 N–H and O–H groups in total. The highest BCUT2D eigenvalue weighted by atomic mass is 16.2. The molecule has 4 heterocycles. The lowest BCUT2D eigenvalue weighted by molar-refractivity contribution is 0.0926. The number of nitrogens with one attached hydrogen (secondary N) is 1. The molecule has 29 heavy (non-hydrogen) atoms. The standard InChI is InChI=1S/C21H16N6O2/c1-12-15-9-14(6-7-19(15)26(25-12)13(2)28)18-10-20(29)27-21(24-18)16(11-23-27)17-5-3-4-8-22-17/h3-11,24H,1-2H3. The van der Waals surface area contributed by atoms with E-state index in [-0.39, 0.29) is 11.5 Å². The number of nitrogens with zero attached hydrogens (tertiary/aromatic N) is 5. The maximum atomic E-state index is 12.6. The molecular weight excluding hydrogens is 368 g/mol. The third-order valence-electron chi connectivity index (χ3n) is 4.91. The van der Waals surface area contributed by atoms with Crippen molar-refractivity contribution in [3.63, 3.8) is 0 Å². The lowest BCUT2D eigenvalue weighted by Gasteiger charge is -2.05. The van der Waals surface area contributed by atoms with E-state index in [4.69, 9.17) is 0 Å². The molecule has 0 unspecified atom stereocenters. The highest BCUT2D eigenvalue weighted by Crippen LogP contribution is 2.27. The average Bonchev–Trinajstić information content (AvgIpc) is 3.30. The molecule has 1 aromatic carbocycles. The Morgan fingerprint density at radius 1 is 1.14 bits per heavy atom. The second-order valence-electron chi connectivity index (χ2n) is 6.80. The van der Waals surface area contributed by atoms with Gasteiger partial charge in [0.25, 0.3) is 5.56 Å². The van der Waals surface area contributed by atoms with Gasteiger partial charge in [-0.15, -0.1) is 0 Å². The van der Waals surface area contributed by atoms with Gasteiger partial charge in [0.15, 0.2) is 0 Å². The molecule has 0 bridgehead atoms. The zero-order valence-electron chi connectivity index (χ0n) is 15.7. The molecule has 142 valence electrons. The first-order valence-electron chi connectivity index (χ1n) is 9.06. The Bertz CT molecular complexity index is 1460. The van der Waals surface area contributed by atoms with Crippen LogP contribution in [0.1, 0.15) is 17.4 Å². The van der Waals surface area contributed by atoms with Gasteiger partial charge in [-0.2, -0.15) is 14.7 Å². The first-order valence-corrected chi connectivity index (χ1v) is 9.06. The number of benzene rings is 1. The van der Waals surface area contributed by atoms with Gasteiger partial charge in [-0.3, -0.25) is 14.6 Å². The number of aromatic amines is 1. The first-order chi connectivity index (χ1) is 14.0. The monoisotopic (exact) mass is 384 g/mol. The van der Waals surface area contributed by atoms with Gasteiger partial charge in [0.05, 0.1) is 34.4 Å². The maximum Gasteiger partial charge on any atom is 0.274 e. The predicted octanol–water partition coefficient (Wildman–Crippen LogP) is 3.07. The van der Waals surface area contributed by atoms with Crippen LogP contribution in [0.5, 0.6) is 0 Å². The second kappa shape index (κ2) is 6.23. The number of hydrogen-bond donors (Lipinski definition) is 1. The number of aryl methyl sites for hydroxylation is 1. The van der Waals surface area contributed by atoms with Crippen molar-refractivity contribution in [1.29, 1.82) is 0 Å². The van der Waals surface area contributed by atoms with Gasteiger partial charge in [0.1, 0.15) is 5.65 Å². The number of rotatable bonds is 2. The molecule has 0 saturated carbocycles. The number of H-pyrrole nitrogens is 1. The molecule has 0 aliphatic carbocycles. The van der Waals surface area contributed by atoms with Crippen LogP contribution >= 0.6 is 0 Å². The average molecular weight is 384 g/mol. The van der Waals surface area contributed by atoms with Crippen molar-refractivity contribution in [2.75, 3.05) is 0 Å². The summed E-state index contributed by atoms with van der Waals surface area (Å²) >= 11 is 0. The summed E-state index contributed by atoms with van der Waals surface area (Å²) in [6.45, 7) is 3.33. The quantitative estimate of drug-likeness (QED) is 0.504. The van der Waals surface area contributed by atoms with E-state index >= 15 is 0 Å². The van der Waals surface area contributed by atoms with Crippen molar-refractivity contribution >= 4 is 22.5 Å². The fourth-order valence-corrected chi connectivity index (χ4v) is 3.52. The molecule has 0 spiro atoms. The fourth-order valence-electron chi connectivity index (χ4n) is 3.52. The summed E-state index contributed by atoms with van der Waals surface area (Å²) in [5.74, 6) is -0.148. The van der Waals surface area contributed by atoms with E-state index in [9.17, 15) is 9.59 Å². The SMILES string of the molecule is CC(=O)n1nc(C)c2cc(-c3cc(=O)n4ncc(-c5ccccn5)c4[nH]3)ccc21. The molecule has 0 fully saturated rings. The van der Waals surface area contributed by atoms with Crippen molar-refractivity contribution in [2.45, 2.75) is 13.8 Å². The Morgan fingerprint density at radius 2 is 2.00 bits per heavy atom. The van der Waals surface area contributed by atoms with Gasteiger partial charge in [-0.25, -0.2) is 4.68 Å². The number of fused-ring (bicyclic) bond motifs is 2. The minimum atomic E-state index is -0.243. The van der Waals surface area contributed by atoms with Gasteiger partial charge >= 0.3 is 0 Å². The van der Waals surface area contributed by atoms with E-state index in [1.54, 1.807) is 12.4 Å². The van der Waals surface area contributed by atoms with E-state index in [1.807, 2.05) is 43.3 Å². The molecule has 5 rings (SSSR count). The molecule has 0 amide bonds. The smallest absolute Gasteiger partial charge is 0.274 e. The van der Waals surface area contributed by atoms with Gasteiger partial charge in [0.2, 0.25) is 5.91 Å². The molecule has 5 aromatic rings. The van der Waals surface area contributed by atoms with Gasteiger partial charge in [-0.05, 0) is 36.8 Å². The lowest BCUT2D eigenvalue weighted by Crippen LogP contribution is -2.14.